The van der Waals surface area contributed by atoms with Crippen molar-refractivity contribution >= 4 is 34.4 Å². The molecule has 4 aromatic rings. The second kappa shape index (κ2) is 11.1. The van der Waals surface area contributed by atoms with Gasteiger partial charge < -0.3 is 10.6 Å². The van der Waals surface area contributed by atoms with Crippen molar-refractivity contribution in [3.8, 4) is 5.69 Å². The summed E-state index contributed by atoms with van der Waals surface area (Å²) in [7, 11) is 1.74. The number of pyridine rings is 2. The van der Waals surface area contributed by atoms with Crippen LogP contribution in [-0.2, 0) is 6.54 Å². The van der Waals surface area contributed by atoms with Crippen LogP contribution in [0.4, 0.5) is 19.0 Å². The summed E-state index contributed by atoms with van der Waals surface area (Å²) in [6, 6.07) is 8.75. The normalized spacial score (nSPS) is 17.5. The summed E-state index contributed by atoms with van der Waals surface area (Å²) >= 11 is 5.88. The lowest BCUT2D eigenvalue weighted by atomic mass is 9.85. The third-order valence-electron chi connectivity index (χ3n) is 7.11. The maximum absolute atomic E-state index is 14.2. The van der Waals surface area contributed by atoms with E-state index in [9.17, 15) is 22.8 Å². The summed E-state index contributed by atoms with van der Waals surface area (Å²) in [5.41, 5.74) is 0.459. The van der Waals surface area contributed by atoms with E-state index in [-0.39, 0.29) is 28.2 Å². The van der Waals surface area contributed by atoms with Gasteiger partial charge in [0.2, 0.25) is 0 Å². The number of rotatable bonds is 7. The lowest BCUT2D eigenvalue weighted by Gasteiger charge is -2.29. The van der Waals surface area contributed by atoms with E-state index in [4.69, 9.17) is 11.6 Å². The number of nitrogens with zero attached hydrogens (tertiary/aromatic N) is 4. The number of halogens is 4. The van der Waals surface area contributed by atoms with E-state index >= 15 is 0 Å². The molecule has 0 radical (unpaired) electrons. The molecular formula is C27H26ClF3N6O2. The largest absolute Gasteiger partial charge is 0.373 e. The highest BCUT2D eigenvalue weighted by Gasteiger charge is 2.27. The first-order valence-electron chi connectivity index (χ1n) is 12.5. The van der Waals surface area contributed by atoms with Gasteiger partial charge in [0.05, 0.1) is 33.5 Å². The van der Waals surface area contributed by atoms with Crippen molar-refractivity contribution in [3.63, 3.8) is 0 Å². The Morgan fingerprint density at radius 3 is 2.51 bits per heavy atom. The number of benzene rings is 1. The van der Waals surface area contributed by atoms with E-state index in [1.54, 1.807) is 36.0 Å². The third kappa shape index (κ3) is 5.49. The molecule has 1 saturated carbocycles. The van der Waals surface area contributed by atoms with E-state index < -0.39 is 23.8 Å². The second-order valence-electron chi connectivity index (χ2n) is 9.59. The van der Waals surface area contributed by atoms with Gasteiger partial charge in [0.15, 0.2) is 0 Å². The van der Waals surface area contributed by atoms with Crippen LogP contribution in [0.2, 0.25) is 5.02 Å². The van der Waals surface area contributed by atoms with Crippen molar-refractivity contribution in [1.29, 1.82) is 0 Å². The van der Waals surface area contributed by atoms with E-state index in [0.717, 1.165) is 6.20 Å². The molecule has 2 N–H and O–H groups in total. The highest BCUT2D eigenvalue weighted by Crippen LogP contribution is 2.29. The van der Waals surface area contributed by atoms with E-state index in [1.165, 1.54) is 22.8 Å². The molecule has 39 heavy (non-hydrogen) atoms. The number of nitrogens with one attached hydrogen (secondary N) is 2. The molecule has 5 rings (SSSR count). The Morgan fingerprint density at radius 1 is 1.08 bits per heavy atom. The number of aromatic nitrogens is 4. The fraction of sp³-hybridized carbons (Fsp3) is 0.333. The van der Waals surface area contributed by atoms with Crippen LogP contribution in [0.1, 0.15) is 48.2 Å². The van der Waals surface area contributed by atoms with E-state index in [2.05, 4.69) is 20.6 Å². The maximum Gasteiger partial charge on any atom is 0.333 e. The molecule has 0 aliphatic heterocycles. The van der Waals surface area contributed by atoms with Crippen LogP contribution >= 0.6 is 11.6 Å². The second-order valence-corrected chi connectivity index (χ2v) is 10.0. The summed E-state index contributed by atoms with van der Waals surface area (Å²) in [5, 5.41) is 5.86. The summed E-state index contributed by atoms with van der Waals surface area (Å²) in [6.45, 7) is 0.421. The Bertz CT molecular complexity index is 1560. The monoisotopic (exact) mass is 558 g/mol. The van der Waals surface area contributed by atoms with Crippen molar-refractivity contribution < 1.29 is 18.0 Å². The summed E-state index contributed by atoms with van der Waals surface area (Å²) < 4.78 is 43.9. The number of anilines is 1. The fourth-order valence-electron chi connectivity index (χ4n) is 5.14. The Hall–Kier alpha value is -3.86. The molecular weight excluding hydrogens is 533 g/mol. The minimum atomic E-state index is -2.90. The van der Waals surface area contributed by atoms with Gasteiger partial charge in [-0.2, -0.15) is 0 Å². The fourth-order valence-corrected chi connectivity index (χ4v) is 5.30. The topological polar surface area (TPSA) is 93.8 Å². The number of imidazole rings is 1. The molecule has 3 heterocycles. The van der Waals surface area contributed by atoms with Gasteiger partial charge in [0.1, 0.15) is 17.3 Å². The molecule has 0 unspecified atom stereocenters. The van der Waals surface area contributed by atoms with Gasteiger partial charge >= 0.3 is 5.69 Å². The molecule has 0 atom stereocenters. The lowest BCUT2D eigenvalue weighted by molar-refractivity contribution is 0.0904. The number of carbonyl (C=O) groups excluding carboxylic acids is 1. The van der Waals surface area contributed by atoms with Crippen molar-refractivity contribution in [2.75, 3.05) is 12.4 Å². The van der Waals surface area contributed by atoms with Crippen LogP contribution < -0.4 is 16.3 Å². The standard InChI is InChI=1S/C27H26ClF3N6O2/c1-32-23-9-7-19(13-33-23)37-22-11-17(29)4-8-21(22)36(27(37)39)14-15-2-5-18(6-3-15)35-26(38)20-10-16(28)12-34-24(20)25(30)31/h4,7-13,15,18,25H,2-3,5-6,14H2,1H3,(H,32,33)(H,35,38)/t15-,18-. The molecule has 1 aliphatic carbocycles. The van der Waals surface area contributed by atoms with Crippen molar-refractivity contribution in [3.05, 3.63) is 81.4 Å². The SMILES string of the molecule is CNc1ccc(-n2c(=O)n(C[C@H]3CC[C@H](NC(=O)c4cc(Cl)cnc4C(F)F)CC3)c3ccc(F)cc32)cn1. The van der Waals surface area contributed by atoms with Crippen molar-refractivity contribution in [2.24, 2.45) is 5.92 Å². The van der Waals surface area contributed by atoms with E-state index in [1.807, 2.05) is 0 Å². The number of hydrogen-bond acceptors (Lipinski definition) is 5. The number of alkyl halides is 2. The molecule has 0 bridgehead atoms. The van der Waals surface area contributed by atoms with Crippen LogP contribution in [-0.4, -0.2) is 38.1 Å². The first-order valence-corrected chi connectivity index (χ1v) is 12.9. The number of fused-ring (bicyclic) bond motifs is 1. The van der Waals surface area contributed by atoms with E-state index in [0.29, 0.717) is 54.8 Å². The van der Waals surface area contributed by atoms with Gasteiger partial charge in [-0.05, 0) is 61.9 Å². The molecule has 0 saturated heterocycles. The Balaban J connectivity index is 1.32. The molecule has 1 fully saturated rings. The lowest BCUT2D eigenvalue weighted by Crippen LogP contribution is -2.39. The molecule has 204 valence electrons. The smallest absolute Gasteiger partial charge is 0.333 e. The van der Waals surface area contributed by atoms with Crippen LogP contribution in [0.25, 0.3) is 16.7 Å². The average molecular weight is 559 g/mol. The van der Waals surface area contributed by atoms with Crippen LogP contribution in [0.5, 0.6) is 0 Å². The van der Waals surface area contributed by atoms with Crippen LogP contribution in [0, 0.1) is 11.7 Å². The van der Waals surface area contributed by atoms with Gasteiger partial charge in [-0.15, -0.1) is 0 Å². The van der Waals surface area contributed by atoms with Crippen LogP contribution in [0.15, 0.2) is 53.6 Å². The maximum atomic E-state index is 14.2. The highest BCUT2D eigenvalue weighted by atomic mass is 35.5. The Morgan fingerprint density at radius 2 is 1.85 bits per heavy atom. The number of amides is 1. The summed E-state index contributed by atoms with van der Waals surface area (Å²) in [4.78, 5) is 34.2. The summed E-state index contributed by atoms with van der Waals surface area (Å²) in [5.74, 6) is -0.311. The Labute approximate surface area is 226 Å². The summed E-state index contributed by atoms with van der Waals surface area (Å²) in [6.07, 6.45) is 2.40. The first kappa shape index (κ1) is 26.7. The Kier molecular flexibility index (Phi) is 7.60. The predicted molar refractivity (Wildman–Crippen MR) is 142 cm³/mol. The minimum absolute atomic E-state index is 0.103. The van der Waals surface area contributed by atoms with Gasteiger partial charge in [0, 0.05) is 31.9 Å². The third-order valence-corrected chi connectivity index (χ3v) is 7.32. The number of carbonyl (C=O) groups is 1. The highest BCUT2D eigenvalue weighted by molar-refractivity contribution is 6.30. The molecule has 3 aromatic heterocycles. The molecule has 12 heteroatoms. The first-order chi connectivity index (χ1) is 18.7. The molecule has 1 aliphatic rings. The average Bonchev–Trinajstić information content (AvgIpc) is 3.19. The van der Waals surface area contributed by atoms with Gasteiger partial charge in [-0.25, -0.2) is 22.9 Å². The minimum Gasteiger partial charge on any atom is -0.373 e. The molecule has 0 spiro atoms. The van der Waals surface area contributed by atoms with Gasteiger partial charge in [-0.1, -0.05) is 11.6 Å². The zero-order chi connectivity index (χ0) is 27.7. The van der Waals surface area contributed by atoms with Gasteiger partial charge in [0.25, 0.3) is 12.3 Å². The molecule has 1 amide bonds. The van der Waals surface area contributed by atoms with Crippen LogP contribution in [0.3, 0.4) is 0 Å². The molecule has 8 nitrogen and oxygen atoms in total. The molecule has 1 aromatic carbocycles. The van der Waals surface area contributed by atoms with Gasteiger partial charge in [-0.3, -0.25) is 18.9 Å². The predicted octanol–water partition coefficient (Wildman–Crippen LogP) is 5.34. The van der Waals surface area contributed by atoms with Crippen molar-refractivity contribution in [2.45, 2.75) is 44.7 Å². The van der Waals surface area contributed by atoms with Crippen molar-refractivity contribution in [1.82, 2.24) is 24.4 Å². The number of hydrogen-bond donors (Lipinski definition) is 2. The zero-order valence-electron chi connectivity index (χ0n) is 21.0. The zero-order valence-corrected chi connectivity index (χ0v) is 21.8. The quantitative estimate of drug-likeness (QED) is 0.319.